The summed E-state index contributed by atoms with van der Waals surface area (Å²) >= 11 is 0. The average molecular weight is 408 g/mol. The van der Waals surface area contributed by atoms with Gasteiger partial charge in [0.05, 0.1) is 12.5 Å². The number of nitrogens with zero attached hydrogens (tertiary/aromatic N) is 2. The van der Waals surface area contributed by atoms with E-state index in [4.69, 9.17) is 0 Å². The van der Waals surface area contributed by atoms with E-state index >= 15 is 0 Å². The Labute approximate surface area is 179 Å². The second-order valence-corrected chi connectivity index (χ2v) is 9.01. The fourth-order valence-electron chi connectivity index (χ4n) is 4.56. The molecule has 0 aliphatic carbocycles. The molecular weight excluding hydrogens is 362 g/mol. The van der Waals surface area contributed by atoms with Gasteiger partial charge < -0.3 is 15.1 Å². The maximum Gasteiger partial charge on any atom is 0.240 e. The van der Waals surface area contributed by atoms with Gasteiger partial charge in [-0.05, 0) is 38.6 Å². The monoisotopic (exact) mass is 407 g/mol. The molecule has 0 saturated carbocycles. The van der Waals surface area contributed by atoms with Crippen LogP contribution < -0.4 is 5.32 Å². The van der Waals surface area contributed by atoms with Gasteiger partial charge in [0, 0.05) is 26.2 Å². The number of unbranched alkanes of at least 4 members (excludes halogenated alkanes) is 9. The lowest BCUT2D eigenvalue weighted by Gasteiger charge is -2.25. The molecule has 0 radical (unpaired) electrons. The van der Waals surface area contributed by atoms with E-state index in [9.17, 15) is 9.59 Å². The van der Waals surface area contributed by atoms with Gasteiger partial charge in [-0.25, -0.2) is 0 Å². The molecule has 168 valence electrons. The fourth-order valence-corrected chi connectivity index (χ4v) is 4.56. The van der Waals surface area contributed by atoms with E-state index in [0.29, 0.717) is 6.42 Å². The van der Waals surface area contributed by atoms with Crippen LogP contribution >= 0.6 is 0 Å². The fraction of sp³-hybridized carbons (Fsp3) is 0.917. The SMILES string of the molecule is CCCCCCCCCCCCNC(CC(=O)N1CCCC1)C(=O)N1CCCC1. The van der Waals surface area contributed by atoms with E-state index < -0.39 is 0 Å². The van der Waals surface area contributed by atoms with E-state index in [1.807, 2.05) is 9.80 Å². The second-order valence-electron chi connectivity index (χ2n) is 9.01. The third-order valence-electron chi connectivity index (χ3n) is 6.47. The molecule has 2 fully saturated rings. The lowest BCUT2D eigenvalue weighted by atomic mass is 10.1. The zero-order chi connectivity index (χ0) is 20.7. The van der Waals surface area contributed by atoms with Crippen molar-refractivity contribution in [3.8, 4) is 0 Å². The molecule has 0 aromatic rings. The van der Waals surface area contributed by atoms with Gasteiger partial charge >= 0.3 is 0 Å². The highest BCUT2D eigenvalue weighted by atomic mass is 16.2. The number of likely N-dealkylation sites (tertiary alicyclic amines) is 2. The first kappa shape index (κ1) is 24.2. The minimum Gasteiger partial charge on any atom is -0.343 e. The molecule has 0 spiro atoms. The summed E-state index contributed by atoms with van der Waals surface area (Å²) in [5.74, 6) is 0.290. The molecule has 2 amide bonds. The average Bonchev–Trinajstić information content (AvgIpc) is 3.44. The summed E-state index contributed by atoms with van der Waals surface area (Å²) in [5.41, 5.74) is 0. The summed E-state index contributed by atoms with van der Waals surface area (Å²) in [7, 11) is 0. The Balaban J connectivity index is 1.62. The third-order valence-corrected chi connectivity index (χ3v) is 6.47. The van der Waals surface area contributed by atoms with Crippen LogP contribution in [0.25, 0.3) is 0 Å². The van der Waals surface area contributed by atoms with E-state index in [-0.39, 0.29) is 17.9 Å². The van der Waals surface area contributed by atoms with Crippen LogP contribution in [0, 0.1) is 0 Å². The Kier molecular flexibility index (Phi) is 12.3. The molecule has 29 heavy (non-hydrogen) atoms. The normalized spacial score (nSPS) is 17.8. The highest BCUT2D eigenvalue weighted by Crippen LogP contribution is 2.15. The second kappa shape index (κ2) is 14.8. The topological polar surface area (TPSA) is 52.7 Å². The van der Waals surface area contributed by atoms with Crippen LogP contribution in [0.2, 0.25) is 0 Å². The van der Waals surface area contributed by atoms with Crippen LogP contribution in [0.1, 0.15) is 103 Å². The van der Waals surface area contributed by atoms with Crippen molar-refractivity contribution in [2.45, 2.75) is 109 Å². The van der Waals surface area contributed by atoms with Gasteiger partial charge in [0.15, 0.2) is 0 Å². The van der Waals surface area contributed by atoms with Gasteiger partial charge in [0.2, 0.25) is 11.8 Å². The first-order valence-electron chi connectivity index (χ1n) is 12.5. The minimum absolute atomic E-state index is 0.141. The van der Waals surface area contributed by atoms with Gasteiger partial charge in [0.1, 0.15) is 0 Å². The number of hydrogen-bond acceptors (Lipinski definition) is 3. The zero-order valence-electron chi connectivity index (χ0n) is 18.9. The third kappa shape index (κ3) is 9.50. The standard InChI is InChI=1S/C24H45N3O2/c1-2-3-4-5-6-7-8-9-10-11-16-25-22(24(29)27-19-14-15-20-27)21-23(28)26-17-12-13-18-26/h22,25H,2-21H2,1H3. The minimum atomic E-state index is -0.334. The number of hydrogen-bond donors (Lipinski definition) is 1. The number of rotatable bonds is 15. The van der Waals surface area contributed by atoms with Crippen molar-refractivity contribution in [2.75, 3.05) is 32.7 Å². The molecular formula is C24H45N3O2. The van der Waals surface area contributed by atoms with Crippen LogP contribution in [0.5, 0.6) is 0 Å². The Morgan fingerprint density at radius 1 is 0.724 bits per heavy atom. The number of carbonyl (C=O) groups is 2. The van der Waals surface area contributed by atoms with Crippen LogP contribution in [0.3, 0.4) is 0 Å². The molecule has 5 nitrogen and oxygen atoms in total. The van der Waals surface area contributed by atoms with Crippen molar-refractivity contribution >= 4 is 11.8 Å². The highest BCUT2D eigenvalue weighted by molar-refractivity contribution is 5.88. The van der Waals surface area contributed by atoms with Crippen molar-refractivity contribution in [1.82, 2.24) is 15.1 Å². The van der Waals surface area contributed by atoms with Crippen LogP contribution in [-0.2, 0) is 9.59 Å². The lowest BCUT2D eigenvalue weighted by Crippen LogP contribution is -2.48. The Bertz CT molecular complexity index is 457. The van der Waals surface area contributed by atoms with Crippen LogP contribution in [-0.4, -0.2) is 60.4 Å². The molecule has 0 aromatic carbocycles. The number of amides is 2. The summed E-state index contributed by atoms with van der Waals surface area (Å²) in [6.07, 6.45) is 17.9. The summed E-state index contributed by atoms with van der Waals surface area (Å²) in [6.45, 7) is 6.54. The van der Waals surface area contributed by atoms with Gasteiger partial charge in [-0.3, -0.25) is 9.59 Å². The summed E-state index contributed by atoms with van der Waals surface area (Å²) in [6, 6.07) is -0.334. The van der Waals surface area contributed by atoms with Crippen molar-refractivity contribution in [3.05, 3.63) is 0 Å². The molecule has 1 N–H and O–H groups in total. The van der Waals surface area contributed by atoms with Gasteiger partial charge in [-0.2, -0.15) is 0 Å². The Morgan fingerprint density at radius 3 is 1.76 bits per heavy atom. The van der Waals surface area contributed by atoms with Crippen molar-refractivity contribution in [1.29, 1.82) is 0 Å². The predicted molar refractivity (Wildman–Crippen MR) is 120 cm³/mol. The molecule has 0 aromatic heterocycles. The van der Waals surface area contributed by atoms with E-state index in [2.05, 4.69) is 12.2 Å². The molecule has 1 unspecified atom stereocenters. The van der Waals surface area contributed by atoms with Crippen molar-refractivity contribution in [2.24, 2.45) is 0 Å². The first-order valence-corrected chi connectivity index (χ1v) is 12.5. The Morgan fingerprint density at radius 2 is 1.21 bits per heavy atom. The highest BCUT2D eigenvalue weighted by Gasteiger charge is 2.30. The largest absolute Gasteiger partial charge is 0.343 e. The number of nitrogens with one attached hydrogen (secondary N) is 1. The maximum absolute atomic E-state index is 12.9. The molecule has 0 bridgehead atoms. The summed E-state index contributed by atoms with van der Waals surface area (Å²) in [4.78, 5) is 29.4. The smallest absolute Gasteiger partial charge is 0.240 e. The van der Waals surface area contributed by atoms with Crippen molar-refractivity contribution in [3.63, 3.8) is 0 Å². The predicted octanol–water partition coefficient (Wildman–Crippen LogP) is 4.50. The summed E-state index contributed by atoms with van der Waals surface area (Å²) in [5, 5.41) is 3.44. The van der Waals surface area contributed by atoms with E-state index in [0.717, 1.165) is 64.8 Å². The maximum atomic E-state index is 12.9. The van der Waals surface area contributed by atoms with Gasteiger partial charge in [-0.1, -0.05) is 64.7 Å². The Hall–Kier alpha value is -1.10. The molecule has 1 atom stereocenters. The van der Waals surface area contributed by atoms with Crippen molar-refractivity contribution < 1.29 is 9.59 Å². The zero-order valence-corrected chi connectivity index (χ0v) is 18.9. The van der Waals surface area contributed by atoms with E-state index in [1.165, 1.54) is 57.8 Å². The van der Waals surface area contributed by atoms with E-state index in [1.54, 1.807) is 0 Å². The first-order chi connectivity index (χ1) is 14.2. The quantitative estimate of drug-likeness (QED) is 0.407. The molecule has 2 rings (SSSR count). The lowest BCUT2D eigenvalue weighted by molar-refractivity contribution is -0.138. The molecule has 2 heterocycles. The van der Waals surface area contributed by atoms with Crippen LogP contribution in [0.4, 0.5) is 0 Å². The number of carbonyl (C=O) groups excluding carboxylic acids is 2. The summed E-state index contributed by atoms with van der Waals surface area (Å²) < 4.78 is 0. The van der Waals surface area contributed by atoms with Gasteiger partial charge in [-0.15, -0.1) is 0 Å². The molecule has 2 saturated heterocycles. The molecule has 2 aliphatic heterocycles. The molecule has 2 aliphatic rings. The molecule has 5 heteroatoms. The van der Waals surface area contributed by atoms with Gasteiger partial charge in [0.25, 0.3) is 0 Å². The van der Waals surface area contributed by atoms with Crippen LogP contribution in [0.15, 0.2) is 0 Å².